The summed E-state index contributed by atoms with van der Waals surface area (Å²) in [4.78, 5) is 22.3. The summed E-state index contributed by atoms with van der Waals surface area (Å²) in [6, 6.07) is 6.38. The van der Waals surface area contributed by atoms with E-state index in [2.05, 4.69) is 10.5 Å². The summed E-state index contributed by atoms with van der Waals surface area (Å²) < 4.78 is 0. The molecule has 1 aromatic rings. The molecule has 0 radical (unpaired) electrons. The molecule has 0 saturated heterocycles. The van der Waals surface area contributed by atoms with Crippen LogP contribution in [0.5, 0.6) is 0 Å². The van der Waals surface area contributed by atoms with Crippen LogP contribution >= 0.6 is 0 Å². The van der Waals surface area contributed by atoms with Gasteiger partial charge in [0.1, 0.15) is 0 Å². The monoisotopic (exact) mass is 264 g/mol. The number of carbonyl (C=O) groups is 2. The second-order valence-electron chi connectivity index (χ2n) is 3.89. The van der Waals surface area contributed by atoms with Gasteiger partial charge in [-0.3, -0.25) is 9.59 Å². The first-order valence-corrected chi connectivity index (χ1v) is 5.69. The molecule has 1 aromatic carbocycles. The van der Waals surface area contributed by atoms with Crippen molar-refractivity contribution in [1.82, 2.24) is 5.32 Å². The van der Waals surface area contributed by atoms with E-state index in [0.29, 0.717) is 24.1 Å². The molecule has 6 N–H and O–H groups in total. The molecule has 1 rings (SSSR count). The van der Waals surface area contributed by atoms with Gasteiger partial charge in [0.15, 0.2) is 5.84 Å². The van der Waals surface area contributed by atoms with Crippen LogP contribution in [0.1, 0.15) is 28.8 Å². The van der Waals surface area contributed by atoms with Crippen molar-refractivity contribution in [2.24, 2.45) is 16.6 Å². The number of rotatable bonds is 6. The molecule has 102 valence electrons. The first kappa shape index (κ1) is 14.5. The molecular weight excluding hydrogens is 248 g/mol. The minimum absolute atomic E-state index is 0.0663. The molecule has 0 aromatic heterocycles. The summed E-state index contributed by atoms with van der Waals surface area (Å²) in [6.07, 6.45) is 0.714. The van der Waals surface area contributed by atoms with Gasteiger partial charge in [0.05, 0.1) is 0 Å². The van der Waals surface area contributed by atoms with Crippen molar-refractivity contribution in [3.05, 3.63) is 35.4 Å². The van der Waals surface area contributed by atoms with Gasteiger partial charge < -0.3 is 22.0 Å². The number of amidine groups is 1. The molecule has 0 saturated carbocycles. The minimum Gasteiger partial charge on any atom is -0.409 e. The SMILES string of the molecule is NC(=O)CCCNC(=O)c1cccc(/C(N)=N/O)c1. The third-order valence-corrected chi connectivity index (χ3v) is 2.41. The zero-order chi connectivity index (χ0) is 14.3. The summed E-state index contributed by atoms with van der Waals surface area (Å²) in [7, 11) is 0. The number of hydrogen-bond donors (Lipinski definition) is 4. The van der Waals surface area contributed by atoms with Crippen molar-refractivity contribution < 1.29 is 14.8 Å². The number of primary amides is 1. The van der Waals surface area contributed by atoms with E-state index in [1.807, 2.05) is 0 Å². The highest BCUT2D eigenvalue weighted by Crippen LogP contribution is 2.05. The first-order valence-electron chi connectivity index (χ1n) is 5.69. The number of carbonyl (C=O) groups excluding carboxylic acids is 2. The minimum atomic E-state index is -0.400. The molecule has 0 heterocycles. The Morgan fingerprint density at radius 1 is 1.26 bits per heavy atom. The van der Waals surface area contributed by atoms with E-state index in [0.717, 1.165) is 0 Å². The van der Waals surface area contributed by atoms with Gasteiger partial charge in [0.2, 0.25) is 5.91 Å². The largest absolute Gasteiger partial charge is 0.409 e. The molecule has 0 unspecified atom stereocenters. The van der Waals surface area contributed by atoms with Crippen molar-refractivity contribution in [3.8, 4) is 0 Å². The first-order chi connectivity index (χ1) is 9.04. The quantitative estimate of drug-likeness (QED) is 0.186. The van der Waals surface area contributed by atoms with Gasteiger partial charge in [-0.2, -0.15) is 0 Å². The molecular formula is C12H16N4O3. The Labute approximate surface area is 110 Å². The molecule has 0 spiro atoms. The van der Waals surface area contributed by atoms with Crippen LogP contribution in [0, 0.1) is 0 Å². The van der Waals surface area contributed by atoms with Crippen LogP contribution < -0.4 is 16.8 Å². The van der Waals surface area contributed by atoms with Crippen LogP contribution in [0.3, 0.4) is 0 Å². The molecule has 0 atom stereocenters. The molecule has 0 aliphatic carbocycles. The van der Waals surface area contributed by atoms with E-state index >= 15 is 0 Å². The smallest absolute Gasteiger partial charge is 0.251 e. The standard InChI is InChI=1S/C12H16N4O3/c13-10(17)5-2-6-15-12(18)9-4-1-3-8(7-9)11(14)16-19/h1,3-4,7,19H,2,5-6H2,(H2,13,17)(H2,14,16)(H,15,18). The fourth-order valence-electron chi connectivity index (χ4n) is 1.44. The van der Waals surface area contributed by atoms with Gasteiger partial charge in [-0.15, -0.1) is 0 Å². The lowest BCUT2D eigenvalue weighted by Crippen LogP contribution is -2.26. The second kappa shape index (κ2) is 7.00. The molecule has 0 bridgehead atoms. The number of amides is 2. The molecule has 2 amide bonds. The lowest BCUT2D eigenvalue weighted by molar-refractivity contribution is -0.118. The van der Waals surface area contributed by atoms with Gasteiger partial charge in [-0.25, -0.2) is 0 Å². The second-order valence-corrected chi connectivity index (χ2v) is 3.89. The number of hydrogen-bond acceptors (Lipinski definition) is 4. The fraction of sp³-hybridized carbons (Fsp3) is 0.250. The van der Waals surface area contributed by atoms with E-state index < -0.39 is 5.91 Å². The summed E-state index contributed by atoms with van der Waals surface area (Å²) in [5, 5.41) is 14.1. The Morgan fingerprint density at radius 3 is 2.58 bits per heavy atom. The van der Waals surface area contributed by atoms with Crippen LogP contribution in [0.4, 0.5) is 0 Å². The molecule has 7 nitrogen and oxygen atoms in total. The summed E-state index contributed by atoms with van der Waals surface area (Å²) in [5.41, 5.74) is 11.3. The summed E-state index contributed by atoms with van der Waals surface area (Å²) >= 11 is 0. The Bertz CT molecular complexity index is 500. The lowest BCUT2D eigenvalue weighted by Gasteiger charge is -2.06. The maximum atomic E-state index is 11.8. The fourth-order valence-corrected chi connectivity index (χ4v) is 1.44. The maximum absolute atomic E-state index is 11.8. The van der Waals surface area contributed by atoms with Gasteiger partial charge in [-0.1, -0.05) is 17.3 Å². The van der Waals surface area contributed by atoms with E-state index in [1.54, 1.807) is 18.2 Å². The zero-order valence-electron chi connectivity index (χ0n) is 10.3. The summed E-state index contributed by atoms with van der Waals surface area (Å²) in [5.74, 6) is -0.761. The van der Waals surface area contributed by atoms with Crippen molar-refractivity contribution in [2.75, 3.05) is 6.54 Å². The number of nitrogens with one attached hydrogen (secondary N) is 1. The Hall–Kier alpha value is -2.57. The van der Waals surface area contributed by atoms with Gasteiger partial charge in [0.25, 0.3) is 5.91 Å². The van der Waals surface area contributed by atoms with E-state index in [-0.39, 0.29) is 18.2 Å². The van der Waals surface area contributed by atoms with Crippen molar-refractivity contribution >= 4 is 17.6 Å². The third-order valence-electron chi connectivity index (χ3n) is 2.41. The predicted molar refractivity (Wildman–Crippen MR) is 69.7 cm³/mol. The number of benzene rings is 1. The Kier molecular flexibility index (Phi) is 5.34. The van der Waals surface area contributed by atoms with Crippen molar-refractivity contribution in [2.45, 2.75) is 12.8 Å². The van der Waals surface area contributed by atoms with Crippen molar-refractivity contribution in [1.29, 1.82) is 0 Å². The number of nitrogens with two attached hydrogens (primary N) is 2. The molecule has 0 aliphatic rings. The third kappa shape index (κ3) is 4.66. The summed E-state index contributed by atoms with van der Waals surface area (Å²) in [6.45, 7) is 0.357. The number of nitrogens with zero attached hydrogens (tertiary/aromatic N) is 1. The van der Waals surface area contributed by atoms with E-state index in [4.69, 9.17) is 16.7 Å². The molecule has 0 aliphatic heterocycles. The van der Waals surface area contributed by atoms with Gasteiger partial charge >= 0.3 is 0 Å². The molecule has 19 heavy (non-hydrogen) atoms. The maximum Gasteiger partial charge on any atom is 0.251 e. The van der Waals surface area contributed by atoms with Crippen LogP contribution in [-0.4, -0.2) is 29.4 Å². The predicted octanol–water partition coefficient (Wildman–Crippen LogP) is -0.224. The molecule has 0 fully saturated rings. The topological polar surface area (TPSA) is 131 Å². The lowest BCUT2D eigenvalue weighted by atomic mass is 10.1. The van der Waals surface area contributed by atoms with Gasteiger partial charge in [0, 0.05) is 24.1 Å². The highest BCUT2D eigenvalue weighted by molar-refractivity contribution is 6.01. The highest BCUT2D eigenvalue weighted by Gasteiger charge is 2.07. The van der Waals surface area contributed by atoms with E-state index in [9.17, 15) is 9.59 Å². The van der Waals surface area contributed by atoms with Crippen LogP contribution in [-0.2, 0) is 4.79 Å². The van der Waals surface area contributed by atoms with E-state index in [1.165, 1.54) is 6.07 Å². The Balaban J connectivity index is 2.60. The zero-order valence-corrected chi connectivity index (χ0v) is 10.3. The Morgan fingerprint density at radius 2 is 1.95 bits per heavy atom. The van der Waals surface area contributed by atoms with Crippen molar-refractivity contribution in [3.63, 3.8) is 0 Å². The average Bonchev–Trinajstić information content (AvgIpc) is 2.42. The highest BCUT2D eigenvalue weighted by atomic mass is 16.4. The average molecular weight is 264 g/mol. The normalized spacial score (nSPS) is 11.1. The van der Waals surface area contributed by atoms with Crippen LogP contribution in [0.15, 0.2) is 29.4 Å². The number of oxime groups is 1. The van der Waals surface area contributed by atoms with Crippen LogP contribution in [0.25, 0.3) is 0 Å². The molecule has 7 heteroatoms. The van der Waals surface area contributed by atoms with Crippen LogP contribution in [0.2, 0.25) is 0 Å². The van der Waals surface area contributed by atoms with Gasteiger partial charge in [-0.05, 0) is 18.6 Å².